The van der Waals surface area contributed by atoms with Crippen molar-refractivity contribution in [1.29, 1.82) is 0 Å². The molecular weight excluding hydrogens is 299 g/mol. The second-order valence-electron chi connectivity index (χ2n) is 6.99. The number of carbonyl (C=O) groups is 3. The summed E-state index contributed by atoms with van der Waals surface area (Å²) in [5.74, 6) is -1.27. The summed E-state index contributed by atoms with van der Waals surface area (Å²) in [6, 6.07) is 4.98. The zero-order valence-electron chi connectivity index (χ0n) is 13.1. The van der Waals surface area contributed by atoms with Crippen molar-refractivity contribution in [2.24, 2.45) is 16.7 Å². The molecule has 2 bridgehead atoms. The van der Waals surface area contributed by atoms with Gasteiger partial charge in [0.05, 0.1) is 0 Å². The summed E-state index contributed by atoms with van der Waals surface area (Å²) >= 11 is 0. The van der Waals surface area contributed by atoms with E-state index < -0.39 is 28.5 Å². The average molecular weight is 318 g/mol. The van der Waals surface area contributed by atoms with Crippen LogP contribution in [0.25, 0.3) is 0 Å². The van der Waals surface area contributed by atoms with E-state index in [0.717, 1.165) is 6.42 Å². The monoisotopic (exact) mass is 318 g/mol. The largest absolute Gasteiger partial charge is 0.298 e. The standard InChI is InChI=1S/C17H19FN2O3/c1-16(2)11-7-8-17(9-11,14(16)22)15(23)20-19-13(21)10-3-5-12(18)6-4-10/h3-6,11H,7-9H2,1-2H3,(H,19,21)(H,20,23). The molecule has 0 radical (unpaired) electrons. The van der Waals surface area contributed by atoms with Crippen molar-refractivity contribution >= 4 is 17.6 Å². The third kappa shape index (κ3) is 2.33. The Labute approximate surface area is 133 Å². The van der Waals surface area contributed by atoms with Crippen molar-refractivity contribution in [1.82, 2.24) is 10.9 Å². The van der Waals surface area contributed by atoms with Crippen molar-refractivity contribution in [3.05, 3.63) is 35.6 Å². The minimum atomic E-state index is -1.02. The Kier molecular flexibility index (Phi) is 3.50. The van der Waals surface area contributed by atoms with Crippen LogP contribution in [-0.4, -0.2) is 17.6 Å². The first-order chi connectivity index (χ1) is 10.8. The van der Waals surface area contributed by atoms with E-state index in [9.17, 15) is 18.8 Å². The van der Waals surface area contributed by atoms with Gasteiger partial charge in [-0.25, -0.2) is 4.39 Å². The number of nitrogens with one attached hydrogen (secondary N) is 2. The van der Waals surface area contributed by atoms with Crippen molar-refractivity contribution in [3.8, 4) is 0 Å². The van der Waals surface area contributed by atoms with Gasteiger partial charge in [-0.1, -0.05) is 13.8 Å². The number of hydrazine groups is 1. The van der Waals surface area contributed by atoms with Crippen LogP contribution in [0.3, 0.4) is 0 Å². The zero-order chi connectivity index (χ0) is 16.8. The van der Waals surface area contributed by atoms with Gasteiger partial charge in [-0.05, 0) is 49.4 Å². The molecule has 2 saturated carbocycles. The first-order valence-electron chi connectivity index (χ1n) is 7.69. The number of Topliss-reactive ketones (excluding diaryl/α,β-unsaturated/α-hetero) is 1. The van der Waals surface area contributed by atoms with Crippen molar-refractivity contribution in [3.63, 3.8) is 0 Å². The number of hydrogen-bond donors (Lipinski definition) is 2. The maximum atomic E-state index is 12.8. The Bertz CT molecular complexity index is 684. The van der Waals surface area contributed by atoms with Crippen LogP contribution in [0.1, 0.15) is 43.5 Å². The number of ketones is 1. The lowest BCUT2D eigenvalue weighted by molar-refractivity contribution is -0.145. The maximum Gasteiger partial charge on any atom is 0.269 e. The molecule has 0 aliphatic heterocycles. The molecule has 2 amide bonds. The number of rotatable bonds is 2. The summed E-state index contributed by atoms with van der Waals surface area (Å²) in [7, 11) is 0. The van der Waals surface area contributed by atoms with Crippen LogP contribution < -0.4 is 10.9 Å². The van der Waals surface area contributed by atoms with Crippen LogP contribution in [0.15, 0.2) is 24.3 Å². The summed E-state index contributed by atoms with van der Waals surface area (Å²) in [4.78, 5) is 37.0. The molecule has 3 rings (SSSR count). The Morgan fingerprint density at radius 3 is 2.39 bits per heavy atom. The number of fused-ring (bicyclic) bond motifs is 2. The number of carbonyl (C=O) groups excluding carboxylic acids is 3. The number of hydrogen-bond acceptors (Lipinski definition) is 3. The number of benzene rings is 1. The lowest BCUT2D eigenvalue weighted by Gasteiger charge is -2.32. The van der Waals surface area contributed by atoms with Crippen LogP contribution in [0.5, 0.6) is 0 Å². The highest BCUT2D eigenvalue weighted by atomic mass is 19.1. The molecule has 1 aromatic carbocycles. The summed E-state index contributed by atoms with van der Waals surface area (Å²) in [5, 5.41) is 0. The molecule has 2 atom stereocenters. The van der Waals surface area contributed by atoms with E-state index in [1.54, 1.807) is 0 Å². The van der Waals surface area contributed by atoms with Crippen LogP contribution in [0.4, 0.5) is 4.39 Å². The highest BCUT2D eigenvalue weighted by Gasteiger charge is 2.65. The van der Waals surface area contributed by atoms with Gasteiger partial charge in [-0.3, -0.25) is 25.2 Å². The molecule has 1 aromatic rings. The molecule has 6 heteroatoms. The fourth-order valence-corrected chi connectivity index (χ4v) is 3.89. The van der Waals surface area contributed by atoms with Crippen LogP contribution in [0, 0.1) is 22.6 Å². The quantitative estimate of drug-likeness (QED) is 0.647. The van der Waals surface area contributed by atoms with Gasteiger partial charge in [0, 0.05) is 11.0 Å². The zero-order valence-corrected chi connectivity index (χ0v) is 13.1. The molecule has 2 aliphatic carbocycles. The summed E-state index contributed by atoms with van der Waals surface area (Å²) in [6.45, 7) is 3.76. The third-order valence-corrected chi connectivity index (χ3v) is 5.39. The lowest BCUT2D eigenvalue weighted by Crippen LogP contribution is -2.52. The Hall–Kier alpha value is -2.24. The van der Waals surface area contributed by atoms with Gasteiger partial charge in [-0.15, -0.1) is 0 Å². The highest BCUT2D eigenvalue weighted by molar-refractivity contribution is 6.11. The number of amides is 2. The molecule has 2 fully saturated rings. The Morgan fingerprint density at radius 2 is 1.83 bits per heavy atom. The maximum absolute atomic E-state index is 12.8. The van der Waals surface area contributed by atoms with Gasteiger partial charge in [0.15, 0.2) is 5.78 Å². The molecule has 0 spiro atoms. The minimum absolute atomic E-state index is 0.0465. The molecule has 2 unspecified atom stereocenters. The molecule has 23 heavy (non-hydrogen) atoms. The first kappa shape index (κ1) is 15.6. The van der Waals surface area contributed by atoms with E-state index in [-0.39, 0.29) is 17.3 Å². The average Bonchev–Trinajstić information content (AvgIpc) is 3.05. The second-order valence-corrected chi connectivity index (χ2v) is 6.99. The summed E-state index contributed by atoms with van der Waals surface area (Å²) in [5.41, 5.74) is 3.39. The second kappa shape index (κ2) is 5.15. The van der Waals surface area contributed by atoms with Gasteiger partial charge in [0.25, 0.3) is 11.8 Å². The van der Waals surface area contributed by atoms with Crippen molar-refractivity contribution in [2.45, 2.75) is 33.1 Å². The summed E-state index contributed by atoms with van der Waals surface area (Å²) < 4.78 is 12.8. The van der Waals surface area contributed by atoms with E-state index in [0.29, 0.717) is 12.8 Å². The van der Waals surface area contributed by atoms with Gasteiger partial charge in [0.1, 0.15) is 11.2 Å². The molecule has 0 aromatic heterocycles. The molecule has 122 valence electrons. The Balaban J connectivity index is 1.67. The van der Waals surface area contributed by atoms with Gasteiger partial charge in [0.2, 0.25) is 0 Å². The Morgan fingerprint density at radius 1 is 1.17 bits per heavy atom. The van der Waals surface area contributed by atoms with E-state index in [4.69, 9.17) is 0 Å². The number of halogens is 1. The van der Waals surface area contributed by atoms with Crippen LogP contribution >= 0.6 is 0 Å². The van der Waals surface area contributed by atoms with Gasteiger partial charge >= 0.3 is 0 Å². The molecule has 2 N–H and O–H groups in total. The van der Waals surface area contributed by atoms with Gasteiger partial charge < -0.3 is 0 Å². The topological polar surface area (TPSA) is 75.3 Å². The van der Waals surface area contributed by atoms with E-state index in [2.05, 4.69) is 10.9 Å². The van der Waals surface area contributed by atoms with Gasteiger partial charge in [-0.2, -0.15) is 0 Å². The summed E-state index contributed by atoms with van der Waals surface area (Å²) in [6.07, 6.45) is 1.91. The minimum Gasteiger partial charge on any atom is -0.298 e. The normalized spacial score (nSPS) is 27.8. The molecule has 2 aliphatic rings. The van der Waals surface area contributed by atoms with Crippen molar-refractivity contribution < 1.29 is 18.8 Å². The smallest absolute Gasteiger partial charge is 0.269 e. The molecular formula is C17H19FN2O3. The predicted molar refractivity (Wildman–Crippen MR) is 80.6 cm³/mol. The SMILES string of the molecule is CC1(C)C(=O)C2(C(=O)NNC(=O)c3ccc(F)cc3)CCC1C2. The van der Waals surface area contributed by atoms with E-state index in [1.807, 2.05) is 13.8 Å². The van der Waals surface area contributed by atoms with Crippen molar-refractivity contribution in [2.75, 3.05) is 0 Å². The molecule has 0 heterocycles. The van der Waals surface area contributed by atoms with Crippen LogP contribution in [-0.2, 0) is 9.59 Å². The first-order valence-corrected chi connectivity index (χ1v) is 7.69. The van der Waals surface area contributed by atoms with Crippen LogP contribution in [0.2, 0.25) is 0 Å². The third-order valence-electron chi connectivity index (χ3n) is 5.39. The fourth-order valence-electron chi connectivity index (χ4n) is 3.89. The highest BCUT2D eigenvalue weighted by Crippen LogP contribution is 2.60. The molecule has 5 nitrogen and oxygen atoms in total. The van der Waals surface area contributed by atoms with E-state index in [1.165, 1.54) is 24.3 Å². The predicted octanol–water partition coefficient (Wildman–Crippen LogP) is 1.98. The fraction of sp³-hybridized carbons (Fsp3) is 0.471. The lowest BCUT2D eigenvalue weighted by atomic mass is 9.70. The van der Waals surface area contributed by atoms with E-state index >= 15 is 0 Å². The molecule has 0 saturated heterocycles.